The molecular formula is C10H11F3N2OS. The summed E-state index contributed by atoms with van der Waals surface area (Å²) in [4.78, 5) is 11.2. The molecule has 3 nitrogen and oxygen atoms in total. The van der Waals surface area contributed by atoms with Gasteiger partial charge in [-0.25, -0.2) is 0 Å². The van der Waals surface area contributed by atoms with Gasteiger partial charge in [0.25, 0.3) is 0 Å². The molecule has 1 atom stereocenters. The lowest BCUT2D eigenvalue weighted by molar-refractivity contribution is -0.117. The minimum absolute atomic E-state index is 0.0611. The Labute approximate surface area is 101 Å². The maximum absolute atomic E-state index is 12.2. The molecule has 0 saturated heterocycles. The molecule has 0 aromatic heterocycles. The lowest BCUT2D eigenvalue weighted by Gasteiger charge is -2.13. The van der Waals surface area contributed by atoms with Gasteiger partial charge in [-0.1, -0.05) is 12.1 Å². The van der Waals surface area contributed by atoms with Crippen molar-refractivity contribution in [1.29, 1.82) is 0 Å². The first-order chi connectivity index (χ1) is 7.79. The van der Waals surface area contributed by atoms with E-state index in [0.717, 1.165) is 0 Å². The number of hydrogen-bond donors (Lipinski definition) is 2. The minimum Gasteiger partial charge on any atom is -0.324 e. The summed E-state index contributed by atoms with van der Waals surface area (Å²) in [6, 6.07) is 4.91. The van der Waals surface area contributed by atoms with Gasteiger partial charge in [-0.15, -0.1) is 0 Å². The second-order valence-corrected chi connectivity index (χ2v) is 4.43. The monoisotopic (exact) mass is 264 g/mol. The fourth-order valence-corrected chi connectivity index (χ4v) is 1.66. The van der Waals surface area contributed by atoms with Gasteiger partial charge in [0, 0.05) is 4.90 Å². The van der Waals surface area contributed by atoms with Crippen molar-refractivity contribution in [2.24, 2.45) is 5.73 Å². The molecule has 1 aromatic rings. The number of rotatable bonds is 3. The average molecular weight is 264 g/mol. The van der Waals surface area contributed by atoms with Gasteiger partial charge in [-0.3, -0.25) is 4.79 Å². The van der Waals surface area contributed by atoms with Crippen LogP contribution in [0.3, 0.4) is 0 Å². The van der Waals surface area contributed by atoms with E-state index in [2.05, 4.69) is 5.32 Å². The number of nitrogens with two attached hydrogens (primary N) is 1. The number of benzene rings is 1. The SMILES string of the molecule is CC(N)C(=O)Nc1ccccc1SC(F)(F)F. The van der Waals surface area contributed by atoms with E-state index >= 15 is 0 Å². The van der Waals surface area contributed by atoms with E-state index in [1.54, 1.807) is 0 Å². The van der Waals surface area contributed by atoms with Crippen LogP contribution in [0.4, 0.5) is 18.9 Å². The minimum atomic E-state index is -4.39. The number of carbonyl (C=O) groups is 1. The van der Waals surface area contributed by atoms with Crippen molar-refractivity contribution in [2.45, 2.75) is 23.4 Å². The largest absolute Gasteiger partial charge is 0.446 e. The summed E-state index contributed by atoms with van der Waals surface area (Å²) in [5.74, 6) is -0.528. The Bertz CT molecular complexity index is 407. The predicted molar refractivity (Wildman–Crippen MR) is 60.6 cm³/mol. The van der Waals surface area contributed by atoms with Crippen LogP contribution >= 0.6 is 11.8 Å². The second kappa shape index (κ2) is 5.42. The van der Waals surface area contributed by atoms with Gasteiger partial charge in [-0.05, 0) is 30.8 Å². The Morgan fingerprint density at radius 2 is 2.00 bits per heavy atom. The number of halogens is 3. The number of anilines is 1. The first kappa shape index (κ1) is 13.9. The zero-order valence-corrected chi connectivity index (χ0v) is 9.73. The summed E-state index contributed by atoms with van der Waals surface area (Å²) < 4.78 is 36.7. The number of para-hydroxylation sites is 1. The Hall–Kier alpha value is -1.21. The van der Waals surface area contributed by atoms with Crippen LogP contribution in [0.2, 0.25) is 0 Å². The first-order valence-corrected chi connectivity index (χ1v) is 5.52. The molecule has 1 aromatic carbocycles. The quantitative estimate of drug-likeness (QED) is 0.825. The second-order valence-electron chi connectivity index (χ2n) is 3.32. The van der Waals surface area contributed by atoms with Crippen LogP contribution < -0.4 is 11.1 Å². The first-order valence-electron chi connectivity index (χ1n) is 4.71. The summed E-state index contributed by atoms with van der Waals surface area (Å²) in [5.41, 5.74) is 1.03. The van der Waals surface area contributed by atoms with E-state index < -0.39 is 17.5 Å². The smallest absolute Gasteiger partial charge is 0.324 e. The van der Waals surface area contributed by atoms with Gasteiger partial charge in [-0.2, -0.15) is 13.2 Å². The van der Waals surface area contributed by atoms with E-state index in [1.165, 1.54) is 31.2 Å². The summed E-state index contributed by atoms with van der Waals surface area (Å²) >= 11 is -0.274. The lowest BCUT2D eigenvalue weighted by Crippen LogP contribution is -2.32. The summed E-state index contributed by atoms with van der Waals surface area (Å²) in [6.45, 7) is 1.45. The van der Waals surface area contributed by atoms with Crippen molar-refractivity contribution in [3.8, 4) is 0 Å². The predicted octanol–water partition coefficient (Wildman–Crippen LogP) is 2.58. The van der Waals surface area contributed by atoms with Gasteiger partial charge >= 0.3 is 5.51 Å². The van der Waals surface area contributed by atoms with Crippen molar-refractivity contribution in [3.63, 3.8) is 0 Å². The number of carbonyl (C=O) groups excluding carboxylic acids is 1. The molecule has 0 radical (unpaired) electrons. The summed E-state index contributed by atoms with van der Waals surface area (Å²) in [7, 11) is 0. The number of hydrogen-bond acceptors (Lipinski definition) is 3. The number of thioether (sulfide) groups is 1. The highest BCUT2D eigenvalue weighted by molar-refractivity contribution is 8.00. The highest BCUT2D eigenvalue weighted by Gasteiger charge is 2.30. The Morgan fingerprint density at radius 3 is 2.53 bits per heavy atom. The Kier molecular flexibility index (Phi) is 4.41. The molecule has 0 heterocycles. The number of alkyl halides is 3. The van der Waals surface area contributed by atoms with Crippen molar-refractivity contribution < 1.29 is 18.0 Å². The molecule has 0 fully saturated rings. The van der Waals surface area contributed by atoms with Crippen LogP contribution in [-0.2, 0) is 4.79 Å². The van der Waals surface area contributed by atoms with Crippen LogP contribution in [-0.4, -0.2) is 17.5 Å². The zero-order chi connectivity index (χ0) is 13.1. The fourth-order valence-electron chi connectivity index (χ4n) is 1.03. The molecular weight excluding hydrogens is 253 g/mol. The third-order valence-electron chi connectivity index (χ3n) is 1.78. The van der Waals surface area contributed by atoms with Gasteiger partial charge in [0.05, 0.1) is 11.7 Å². The lowest BCUT2D eigenvalue weighted by atomic mass is 10.3. The van der Waals surface area contributed by atoms with Crippen LogP contribution in [0.15, 0.2) is 29.2 Å². The molecule has 17 heavy (non-hydrogen) atoms. The molecule has 0 aliphatic rings. The van der Waals surface area contributed by atoms with Gasteiger partial charge in [0.2, 0.25) is 5.91 Å². The standard InChI is InChI=1S/C10H11F3N2OS/c1-6(14)9(16)15-7-4-2-3-5-8(7)17-10(11,12)13/h2-6H,14H2,1H3,(H,15,16). The summed E-state index contributed by atoms with van der Waals surface area (Å²) in [6.07, 6.45) is 0. The van der Waals surface area contributed by atoms with Crippen molar-refractivity contribution in [1.82, 2.24) is 0 Å². The van der Waals surface area contributed by atoms with Gasteiger partial charge in [0.15, 0.2) is 0 Å². The maximum atomic E-state index is 12.2. The van der Waals surface area contributed by atoms with Gasteiger partial charge in [0.1, 0.15) is 0 Å². The zero-order valence-electron chi connectivity index (χ0n) is 8.91. The number of amides is 1. The van der Waals surface area contributed by atoms with Crippen LogP contribution in [0.25, 0.3) is 0 Å². The molecule has 3 N–H and O–H groups in total. The molecule has 0 aliphatic carbocycles. The third-order valence-corrected chi connectivity index (χ3v) is 2.59. The van der Waals surface area contributed by atoms with E-state index in [4.69, 9.17) is 5.73 Å². The molecule has 0 spiro atoms. The van der Waals surface area contributed by atoms with Crippen molar-refractivity contribution in [2.75, 3.05) is 5.32 Å². The van der Waals surface area contributed by atoms with Crippen molar-refractivity contribution >= 4 is 23.4 Å². The van der Waals surface area contributed by atoms with Crippen molar-refractivity contribution in [3.05, 3.63) is 24.3 Å². The topological polar surface area (TPSA) is 55.1 Å². The van der Waals surface area contributed by atoms with E-state index in [0.29, 0.717) is 0 Å². The third kappa shape index (κ3) is 4.66. The van der Waals surface area contributed by atoms with E-state index in [1.807, 2.05) is 0 Å². The average Bonchev–Trinajstić information content (AvgIpc) is 2.18. The fraction of sp³-hybridized carbons (Fsp3) is 0.300. The normalized spacial score (nSPS) is 13.2. The van der Waals surface area contributed by atoms with Crippen LogP contribution in [0.5, 0.6) is 0 Å². The molecule has 0 saturated carbocycles. The molecule has 0 bridgehead atoms. The highest BCUT2D eigenvalue weighted by Crippen LogP contribution is 2.40. The maximum Gasteiger partial charge on any atom is 0.446 e. The Morgan fingerprint density at radius 1 is 1.41 bits per heavy atom. The molecule has 1 unspecified atom stereocenters. The van der Waals surface area contributed by atoms with E-state index in [-0.39, 0.29) is 22.3 Å². The van der Waals surface area contributed by atoms with Crippen LogP contribution in [0.1, 0.15) is 6.92 Å². The highest BCUT2D eigenvalue weighted by atomic mass is 32.2. The van der Waals surface area contributed by atoms with Crippen LogP contribution in [0, 0.1) is 0 Å². The molecule has 1 amide bonds. The Balaban J connectivity index is 2.89. The molecule has 94 valence electrons. The number of nitrogens with one attached hydrogen (secondary N) is 1. The molecule has 7 heteroatoms. The molecule has 0 aliphatic heterocycles. The van der Waals surface area contributed by atoms with E-state index in [9.17, 15) is 18.0 Å². The van der Waals surface area contributed by atoms with Gasteiger partial charge < -0.3 is 11.1 Å². The molecule has 1 rings (SSSR count). The summed E-state index contributed by atoms with van der Waals surface area (Å²) in [5, 5.41) is 2.35.